The third kappa shape index (κ3) is 4.65. The molecule has 104 valence electrons. The summed E-state index contributed by atoms with van der Waals surface area (Å²) in [6.07, 6.45) is -0.717. The summed E-state index contributed by atoms with van der Waals surface area (Å²) in [4.78, 5) is 14.1. The van der Waals surface area contributed by atoms with Crippen LogP contribution in [0.3, 0.4) is 0 Å². The quantitative estimate of drug-likeness (QED) is 0.756. The van der Waals surface area contributed by atoms with Gasteiger partial charge in [0.05, 0.1) is 12.7 Å². The lowest BCUT2D eigenvalue weighted by atomic mass is 10.2. The van der Waals surface area contributed by atoms with Gasteiger partial charge in [-0.1, -0.05) is 11.8 Å². The number of methoxy groups -OCH3 is 1. The summed E-state index contributed by atoms with van der Waals surface area (Å²) in [6.45, 7) is 0.128. The lowest BCUT2D eigenvalue weighted by Gasteiger charge is -2.20. The van der Waals surface area contributed by atoms with E-state index >= 15 is 0 Å². The normalized spacial score (nSPS) is 11.6. The highest BCUT2D eigenvalue weighted by Crippen LogP contribution is 2.17. The van der Waals surface area contributed by atoms with Gasteiger partial charge in [0.1, 0.15) is 11.5 Å². The van der Waals surface area contributed by atoms with Gasteiger partial charge >= 0.3 is 0 Å². The minimum Gasteiger partial charge on any atom is -0.389 e. The minimum atomic E-state index is -0.717. The third-order valence-electron chi connectivity index (χ3n) is 2.35. The van der Waals surface area contributed by atoms with Crippen LogP contribution in [0.4, 0.5) is 0 Å². The number of carbonyl (C=O) groups is 1. The molecule has 0 aliphatic heterocycles. The molecule has 0 radical (unpaired) electrons. The third-order valence-corrected chi connectivity index (χ3v) is 3.25. The maximum atomic E-state index is 12.2. The second-order valence-electron chi connectivity index (χ2n) is 3.92. The summed E-state index contributed by atoms with van der Waals surface area (Å²) in [5, 5.41) is 20.0. The van der Waals surface area contributed by atoms with Gasteiger partial charge in [0, 0.05) is 26.3 Å². The van der Waals surface area contributed by atoms with Crippen LogP contribution in [0.5, 0.6) is 0 Å². The van der Waals surface area contributed by atoms with Gasteiger partial charge in [0.25, 0.3) is 5.91 Å². The minimum absolute atomic E-state index is 0.180. The average molecular weight is 283 g/mol. The molecule has 1 amide bonds. The fourth-order valence-electron chi connectivity index (χ4n) is 1.53. The molecular weight excluding hydrogens is 266 g/mol. The number of likely N-dealkylation sites (N-methyl/N-ethyl adjacent to an activating group) is 1. The Hall–Kier alpha value is -1.39. The molecule has 1 aromatic rings. The summed E-state index contributed by atoms with van der Waals surface area (Å²) >= 11 is 1.29. The predicted octanol–water partition coefficient (Wildman–Crippen LogP) is 0.171. The van der Waals surface area contributed by atoms with Crippen molar-refractivity contribution >= 4 is 17.2 Å². The van der Waals surface area contributed by atoms with Crippen molar-refractivity contribution in [3.8, 4) is 11.8 Å². The second-order valence-corrected chi connectivity index (χ2v) is 4.83. The molecule has 0 fully saturated rings. The number of ether oxygens (including phenoxy) is 1. The van der Waals surface area contributed by atoms with Crippen LogP contribution in [0, 0.1) is 11.8 Å². The monoisotopic (exact) mass is 283 g/mol. The van der Waals surface area contributed by atoms with Gasteiger partial charge in [-0.2, -0.15) is 0 Å². The molecule has 19 heavy (non-hydrogen) atoms. The van der Waals surface area contributed by atoms with Gasteiger partial charge in [-0.25, -0.2) is 0 Å². The highest BCUT2D eigenvalue weighted by molar-refractivity contribution is 7.12. The number of hydrogen-bond donors (Lipinski definition) is 2. The van der Waals surface area contributed by atoms with Crippen LogP contribution in [0.25, 0.3) is 0 Å². The SMILES string of the molecule is COCC(O)CN(C)C(=O)c1sccc1C#CCO. The van der Waals surface area contributed by atoms with E-state index < -0.39 is 6.10 Å². The van der Waals surface area contributed by atoms with Gasteiger partial charge in [0.15, 0.2) is 0 Å². The van der Waals surface area contributed by atoms with Crippen LogP contribution in [0.1, 0.15) is 15.2 Å². The molecule has 6 heteroatoms. The first-order chi connectivity index (χ1) is 9.10. The molecule has 5 nitrogen and oxygen atoms in total. The molecule has 1 unspecified atom stereocenters. The highest BCUT2D eigenvalue weighted by Gasteiger charge is 2.18. The fraction of sp³-hybridized carbons (Fsp3) is 0.462. The molecule has 1 rings (SSSR count). The van der Waals surface area contributed by atoms with Gasteiger partial charge in [0.2, 0.25) is 0 Å². The summed E-state index contributed by atoms with van der Waals surface area (Å²) in [7, 11) is 3.11. The van der Waals surface area contributed by atoms with Crippen molar-refractivity contribution in [1.29, 1.82) is 0 Å². The first kappa shape index (κ1) is 15.7. The molecule has 0 spiro atoms. The van der Waals surface area contributed by atoms with E-state index in [4.69, 9.17) is 9.84 Å². The topological polar surface area (TPSA) is 70.0 Å². The van der Waals surface area contributed by atoms with Crippen LogP contribution in [0.15, 0.2) is 11.4 Å². The zero-order valence-corrected chi connectivity index (χ0v) is 11.7. The standard InChI is InChI=1S/C13H17NO4S/c1-14(8-11(16)9-18-2)13(17)12-10(4-3-6-15)5-7-19-12/h5,7,11,15-16H,6,8-9H2,1-2H3. The molecule has 1 aromatic heterocycles. The van der Waals surface area contributed by atoms with E-state index in [-0.39, 0.29) is 25.7 Å². The zero-order valence-electron chi connectivity index (χ0n) is 10.9. The van der Waals surface area contributed by atoms with E-state index in [1.165, 1.54) is 23.3 Å². The van der Waals surface area contributed by atoms with Gasteiger partial charge in [-0.05, 0) is 11.4 Å². The molecule has 1 heterocycles. The Morgan fingerprint density at radius 3 is 3.00 bits per heavy atom. The number of aliphatic hydroxyl groups is 2. The fourth-order valence-corrected chi connectivity index (χ4v) is 2.37. The summed E-state index contributed by atoms with van der Waals surface area (Å²) in [5.74, 6) is 5.05. The maximum Gasteiger partial charge on any atom is 0.265 e. The number of thiophene rings is 1. The van der Waals surface area contributed by atoms with Crippen molar-refractivity contribution < 1.29 is 19.7 Å². The molecule has 0 aliphatic carbocycles. The molecule has 0 saturated heterocycles. The maximum absolute atomic E-state index is 12.2. The summed E-state index contributed by atoms with van der Waals surface area (Å²) < 4.78 is 4.82. The Morgan fingerprint density at radius 1 is 1.63 bits per heavy atom. The molecule has 0 bridgehead atoms. The summed E-state index contributed by atoms with van der Waals surface area (Å²) in [6, 6.07) is 1.74. The van der Waals surface area contributed by atoms with Crippen LogP contribution < -0.4 is 0 Å². The number of nitrogens with zero attached hydrogens (tertiary/aromatic N) is 1. The lowest BCUT2D eigenvalue weighted by molar-refractivity contribution is 0.0382. The highest BCUT2D eigenvalue weighted by atomic mass is 32.1. The van der Waals surface area contributed by atoms with Crippen LogP contribution >= 0.6 is 11.3 Å². The van der Waals surface area contributed by atoms with Crippen molar-refractivity contribution in [3.05, 3.63) is 21.9 Å². The van der Waals surface area contributed by atoms with Crippen molar-refractivity contribution in [1.82, 2.24) is 4.90 Å². The molecular formula is C13H17NO4S. The van der Waals surface area contributed by atoms with E-state index in [0.717, 1.165) is 0 Å². The Labute approximate surface area is 116 Å². The van der Waals surface area contributed by atoms with E-state index in [2.05, 4.69) is 11.8 Å². The molecule has 0 aliphatic rings. The Morgan fingerprint density at radius 2 is 2.37 bits per heavy atom. The van der Waals surface area contributed by atoms with Gasteiger partial charge in [-0.15, -0.1) is 11.3 Å². The number of carbonyl (C=O) groups excluding carboxylic acids is 1. The van der Waals surface area contributed by atoms with E-state index in [0.29, 0.717) is 10.4 Å². The largest absolute Gasteiger partial charge is 0.389 e. The van der Waals surface area contributed by atoms with Crippen LogP contribution in [-0.4, -0.2) is 61.0 Å². The van der Waals surface area contributed by atoms with Gasteiger partial charge < -0.3 is 19.8 Å². The number of hydrogen-bond acceptors (Lipinski definition) is 5. The number of rotatable bonds is 5. The molecule has 0 saturated carbocycles. The smallest absolute Gasteiger partial charge is 0.265 e. The molecule has 0 aromatic carbocycles. The Kier molecular flexibility index (Phi) is 6.53. The van der Waals surface area contributed by atoms with Gasteiger partial charge in [-0.3, -0.25) is 4.79 Å². The van der Waals surface area contributed by atoms with Crippen molar-refractivity contribution in [2.45, 2.75) is 6.10 Å². The lowest BCUT2D eigenvalue weighted by Crippen LogP contribution is -2.36. The second kappa shape index (κ2) is 7.92. The first-order valence-corrected chi connectivity index (χ1v) is 6.57. The zero-order chi connectivity index (χ0) is 14.3. The molecule has 1 atom stereocenters. The Balaban J connectivity index is 2.74. The number of aliphatic hydroxyl groups excluding tert-OH is 2. The van der Waals surface area contributed by atoms with Crippen molar-refractivity contribution in [2.75, 3.05) is 33.9 Å². The first-order valence-electron chi connectivity index (χ1n) is 5.69. The van der Waals surface area contributed by atoms with E-state index in [9.17, 15) is 9.90 Å². The van der Waals surface area contributed by atoms with Crippen molar-refractivity contribution in [3.63, 3.8) is 0 Å². The summed E-state index contributed by atoms with van der Waals surface area (Å²) in [5.41, 5.74) is 0.595. The van der Waals surface area contributed by atoms with Crippen molar-refractivity contribution in [2.24, 2.45) is 0 Å². The predicted molar refractivity (Wildman–Crippen MR) is 73.1 cm³/mol. The Bertz CT molecular complexity index is 474. The molecule has 2 N–H and O–H groups in total. The van der Waals surface area contributed by atoms with Crippen LogP contribution in [0.2, 0.25) is 0 Å². The van der Waals surface area contributed by atoms with E-state index in [1.807, 2.05) is 0 Å². The van der Waals surface area contributed by atoms with E-state index in [1.54, 1.807) is 18.5 Å². The average Bonchev–Trinajstić information content (AvgIpc) is 2.83. The number of amides is 1. The van der Waals surface area contributed by atoms with Crippen LogP contribution in [-0.2, 0) is 4.74 Å².